The van der Waals surface area contributed by atoms with E-state index in [4.69, 9.17) is 0 Å². The van der Waals surface area contributed by atoms with Gasteiger partial charge in [0.25, 0.3) is 5.82 Å². The molecule has 0 bridgehead atoms. The second-order valence-corrected chi connectivity index (χ2v) is 10.9. The van der Waals surface area contributed by atoms with Gasteiger partial charge in [0.15, 0.2) is 0 Å². The molecule has 0 saturated carbocycles. The number of unbranched alkanes of at least 4 members (excludes halogenated alkanes) is 21. The topological polar surface area (TPSA) is 8.81 Å². The summed E-state index contributed by atoms with van der Waals surface area (Å²) in [6, 6.07) is 0. The Hall–Kier alpha value is -0.790. The predicted octanol–water partition coefficient (Wildman–Crippen LogP) is 10.4. The summed E-state index contributed by atoms with van der Waals surface area (Å²) in [5, 5.41) is 0. The number of aryl methyl sites for hydroxylation is 2. The maximum atomic E-state index is 2.53. The van der Waals surface area contributed by atoms with Crippen LogP contribution < -0.4 is 4.57 Å². The minimum Gasteiger partial charge on any atom is -0.234 e. The quantitative estimate of drug-likeness (QED) is 0.0930. The molecule has 2 nitrogen and oxygen atoms in total. The highest BCUT2D eigenvalue weighted by atomic mass is 15.1. The average molecular weight is 476 g/mol. The molecule has 0 atom stereocenters. The Kier molecular flexibility index (Phi) is 22.0. The lowest BCUT2D eigenvalue weighted by Crippen LogP contribution is -2.37. The van der Waals surface area contributed by atoms with Crippen molar-refractivity contribution >= 4 is 0 Å². The van der Waals surface area contributed by atoms with Crippen LogP contribution in [0.1, 0.15) is 174 Å². The molecular formula is C32H63N2+. The van der Waals surface area contributed by atoms with Crippen molar-refractivity contribution in [2.45, 2.75) is 188 Å². The molecule has 0 aliphatic heterocycles. The van der Waals surface area contributed by atoms with E-state index in [0.717, 1.165) is 6.42 Å². The third-order valence-corrected chi connectivity index (χ3v) is 7.66. The number of aromatic nitrogens is 2. The van der Waals surface area contributed by atoms with Crippen LogP contribution in [0.25, 0.3) is 0 Å². The molecule has 1 aromatic heterocycles. The molecule has 0 N–H and O–H groups in total. The van der Waals surface area contributed by atoms with Gasteiger partial charge in [-0.25, -0.2) is 9.13 Å². The third-order valence-electron chi connectivity index (χ3n) is 7.66. The van der Waals surface area contributed by atoms with Crippen molar-refractivity contribution in [3.8, 4) is 0 Å². The summed E-state index contributed by atoms with van der Waals surface area (Å²) in [7, 11) is 0. The zero-order valence-corrected chi connectivity index (χ0v) is 23.9. The number of rotatable bonds is 26. The Labute approximate surface area is 215 Å². The second kappa shape index (κ2) is 23.9. The fraction of sp³-hybridized carbons (Fsp3) is 0.906. The number of imidazole rings is 1. The fourth-order valence-corrected chi connectivity index (χ4v) is 5.38. The number of hydrogen-bond acceptors (Lipinski definition) is 0. The van der Waals surface area contributed by atoms with Crippen molar-refractivity contribution in [1.29, 1.82) is 0 Å². The molecule has 0 radical (unpaired) electrons. The van der Waals surface area contributed by atoms with Crippen LogP contribution in [0.2, 0.25) is 0 Å². The van der Waals surface area contributed by atoms with Gasteiger partial charge in [-0.05, 0) is 25.7 Å². The number of nitrogens with zero attached hydrogens (tertiary/aromatic N) is 2. The molecule has 200 valence electrons. The van der Waals surface area contributed by atoms with Gasteiger partial charge in [0.2, 0.25) is 0 Å². The summed E-state index contributed by atoms with van der Waals surface area (Å²) in [5.41, 5.74) is 0. The largest absolute Gasteiger partial charge is 0.256 e. The van der Waals surface area contributed by atoms with Crippen LogP contribution >= 0.6 is 0 Å². The maximum Gasteiger partial charge on any atom is 0.256 e. The van der Waals surface area contributed by atoms with Crippen LogP contribution in [0.5, 0.6) is 0 Å². The van der Waals surface area contributed by atoms with E-state index in [0.29, 0.717) is 0 Å². The lowest BCUT2D eigenvalue weighted by molar-refractivity contribution is -0.704. The van der Waals surface area contributed by atoms with Crippen molar-refractivity contribution in [2.75, 3.05) is 0 Å². The van der Waals surface area contributed by atoms with E-state index in [1.165, 1.54) is 167 Å². The molecule has 1 heterocycles. The van der Waals surface area contributed by atoms with Crippen molar-refractivity contribution in [2.24, 2.45) is 0 Å². The zero-order chi connectivity index (χ0) is 24.5. The minimum atomic E-state index is 1.15. The summed E-state index contributed by atoms with van der Waals surface area (Å²) >= 11 is 0. The molecule has 0 fully saturated rings. The Morgan fingerprint density at radius 1 is 0.500 bits per heavy atom. The summed E-state index contributed by atoms with van der Waals surface area (Å²) in [6.07, 6.45) is 38.7. The van der Waals surface area contributed by atoms with Crippen LogP contribution in [-0.2, 0) is 19.5 Å². The van der Waals surface area contributed by atoms with Gasteiger partial charge in [-0.3, -0.25) is 0 Å². The molecule has 1 aromatic rings. The fourth-order valence-electron chi connectivity index (χ4n) is 5.38. The van der Waals surface area contributed by atoms with Gasteiger partial charge < -0.3 is 0 Å². The summed E-state index contributed by atoms with van der Waals surface area (Å²) in [5.74, 6) is 1.53. The lowest BCUT2D eigenvalue weighted by Gasteiger charge is -2.05. The molecule has 34 heavy (non-hydrogen) atoms. The minimum absolute atomic E-state index is 1.15. The van der Waals surface area contributed by atoms with Gasteiger partial charge in [0.05, 0.1) is 13.1 Å². The molecule has 0 amide bonds. The molecule has 0 aliphatic carbocycles. The van der Waals surface area contributed by atoms with E-state index in [2.05, 4.69) is 42.3 Å². The van der Waals surface area contributed by atoms with Gasteiger partial charge in [0.1, 0.15) is 12.4 Å². The molecule has 2 heteroatoms. The lowest BCUT2D eigenvalue weighted by atomic mass is 10.0. The Morgan fingerprint density at radius 3 is 1.29 bits per heavy atom. The summed E-state index contributed by atoms with van der Waals surface area (Å²) in [6.45, 7) is 9.34. The monoisotopic (exact) mass is 475 g/mol. The van der Waals surface area contributed by atoms with Crippen molar-refractivity contribution in [1.82, 2.24) is 4.57 Å². The van der Waals surface area contributed by atoms with E-state index in [9.17, 15) is 0 Å². The van der Waals surface area contributed by atoms with E-state index >= 15 is 0 Å². The highest BCUT2D eigenvalue weighted by molar-refractivity contribution is 4.83. The van der Waals surface area contributed by atoms with Gasteiger partial charge in [0, 0.05) is 6.42 Å². The van der Waals surface area contributed by atoms with Gasteiger partial charge in [-0.15, -0.1) is 0 Å². The highest BCUT2D eigenvalue weighted by Crippen LogP contribution is 2.14. The van der Waals surface area contributed by atoms with Crippen molar-refractivity contribution in [3.05, 3.63) is 18.2 Å². The predicted molar refractivity (Wildman–Crippen MR) is 152 cm³/mol. The van der Waals surface area contributed by atoms with Gasteiger partial charge in [-0.1, -0.05) is 143 Å². The second-order valence-electron chi connectivity index (χ2n) is 10.9. The van der Waals surface area contributed by atoms with Crippen LogP contribution in [0, 0.1) is 0 Å². The molecule has 0 spiro atoms. The first-order valence-electron chi connectivity index (χ1n) is 15.9. The molecule has 1 rings (SSSR count). The van der Waals surface area contributed by atoms with E-state index in [1.807, 2.05) is 0 Å². The Bertz CT molecular complexity index is 533. The first-order valence-corrected chi connectivity index (χ1v) is 15.9. The SMILES string of the molecule is CCCCCCCCCCCCCCCCCCC[n+]1ccn(CCCCCCCC)c1CC. The molecule has 0 aromatic carbocycles. The first kappa shape index (κ1) is 31.2. The van der Waals surface area contributed by atoms with Crippen LogP contribution in [0.3, 0.4) is 0 Å². The molecule has 0 aliphatic rings. The van der Waals surface area contributed by atoms with Crippen molar-refractivity contribution in [3.63, 3.8) is 0 Å². The Morgan fingerprint density at radius 2 is 0.882 bits per heavy atom. The average Bonchev–Trinajstić information content (AvgIpc) is 3.24. The standard InChI is InChI=1S/C32H63N2/c1-4-7-9-11-13-14-15-16-17-18-19-20-21-22-23-25-27-29-34-31-30-33(32(34)6-3)28-26-24-12-10-8-5-2/h30-31H,4-29H2,1-3H3/q+1. The first-order chi connectivity index (χ1) is 16.8. The van der Waals surface area contributed by atoms with Crippen LogP contribution in [0.4, 0.5) is 0 Å². The number of hydrogen-bond donors (Lipinski definition) is 0. The molecular weight excluding hydrogens is 412 g/mol. The molecule has 0 unspecified atom stereocenters. The highest BCUT2D eigenvalue weighted by Gasteiger charge is 2.14. The summed E-state index contributed by atoms with van der Waals surface area (Å²) < 4.78 is 5.05. The summed E-state index contributed by atoms with van der Waals surface area (Å²) in [4.78, 5) is 0. The van der Waals surface area contributed by atoms with Crippen molar-refractivity contribution < 1.29 is 4.57 Å². The van der Waals surface area contributed by atoms with Gasteiger partial charge >= 0.3 is 0 Å². The normalized spacial score (nSPS) is 11.5. The smallest absolute Gasteiger partial charge is 0.234 e. The van der Waals surface area contributed by atoms with Crippen LogP contribution in [-0.4, -0.2) is 4.57 Å². The Balaban J connectivity index is 1.93. The van der Waals surface area contributed by atoms with Crippen LogP contribution in [0.15, 0.2) is 12.4 Å². The maximum absolute atomic E-state index is 2.53. The van der Waals surface area contributed by atoms with E-state index < -0.39 is 0 Å². The van der Waals surface area contributed by atoms with E-state index in [1.54, 1.807) is 0 Å². The van der Waals surface area contributed by atoms with Gasteiger partial charge in [-0.2, -0.15) is 0 Å². The zero-order valence-electron chi connectivity index (χ0n) is 23.9. The van der Waals surface area contributed by atoms with E-state index in [-0.39, 0.29) is 0 Å². The molecule has 0 saturated heterocycles. The third kappa shape index (κ3) is 16.8.